The summed E-state index contributed by atoms with van der Waals surface area (Å²) in [5.41, 5.74) is 10.8. The van der Waals surface area contributed by atoms with Gasteiger partial charge in [0.25, 0.3) is 0 Å². The highest BCUT2D eigenvalue weighted by atomic mass is 32.2. The van der Waals surface area contributed by atoms with Crippen LogP contribution in [0.15, 0.2) is 0 Å². The average Bonchev–Trinajstić information content (AvgIpc) is 2.70. The number of carboxylic acid groups (broad SMARTS) is 2. The second-order valence-electron chi connectivity index (χ2n) is 7.02. The van der Waals surface area contributed by atoms with Gasteiger partial charge >= 0.3 is 11.9 Å². The summed E-state index contributed by atoms with van der Waals surface area (Å²) in [6, 6.07) is -4.75. The lowest BCUT2D eigenvalue weighted by Crippen LogP contribution is -2.56. The van der Waals surface area contributed by atoms with Crippen LogP contribution < -0.4 is 27.4 Å². The molecule has 0 rings (SSSR count). The Morgan fingerprint density at radius 3 is 1.91 bits per heavy atom. The number of carboxylic acids is 2. The third-order valence-electron chi connectivity index (χ3n) is 4.30. The molecule has 0 aromatic heterocycles. The lowest BCUT2D eigenvalue weighted by Gasteiger charge is -2.23. The molecule has 0 aromatic rings. The number of rotatable bonds is 16. The van der Waals surface area contributed by atoms with Gasteiger partial charge in [0.15, 0.2) is 0 Å². The molecule has 0 saturated heterocycles. The molecule has 0 bridgehead atoms. The normalized spacial score (nSPS) is 14.3. The van der Waals surface area contributed by atoms with Crippen LogP contribution in [-0.2, 0) is 28.8 Å². The SMILES string of the molecule is CSCCC(N)C(=O)NC(C)C(=O)NC(CCC(N)=O)C(=O)NC(CCC(=O)O)C(=O)O. The lowest BCUT2D eigenvalue weighted by atomic mass is 10.1. The van der Waals surface area contributed by atoms with Gasteiger partial charge in [-0.25, -0.2) is 4.79 Å². The van der Waals surface area contributed by atoms with E-state index in [0.29, 0.717) is 12.2 Å². The van der Waals surface area contributed by atoms with Crippen LogP contribution in [0.4, 0.5) is 0 Å². The van der Waals surface area contributed by atoms with Gasteiger partial charge in [0.05, 0.1) is 6.04 Å². The van der Waals surface area contributed by atoms with Crippen LogP contribution >= 0.6 is 11.8 Å². The first-order chi connectivity index (χ1) is 14.9. The average molecular weight is 478 g/mol. The van der Waals surface area contributed by atoms with E-state index >= 15 is 0 Å². The summed E-state index contributed by atoms with van der Waals surface area (Å²) in [5, 5.41) is 24.8. The summed E-state index contributed by atoms with van der Waals surface area (Å²) < 4.78 is 0. The molecule has 0 aromatic carbocycles. The maximum Gasteiger partial charge on any atom is 0.326 e. The zero-order valence-corrected chi connectivity index (χ0v) is 18.8. The Labute approximate surface area is 189 Å². The second-order valence-corrected chi connectivity index (χ2v) is 8.00. The van der Waals surface area contributed by atoms with Crippen LogP contribution in [0.1, 0.15) is 39.0 Å². The lowest BCUT2D eigenvalue weighted by molar-refractivity contribution is -0.143. The fourth-order valence-corrected chi connectivity index (χ4v) is 2.90. The summed E-state index contributed by atoms with van der Waals surface area (Å²) in [4.78, 5) is 70.1. The smallest absolute Gasteiger partial charge is 0.326 e. The van der Waals surface area contributed by atoms with Gasteiger partial charge in [-0.1, -0.05) is 0 Å². The summed E-state index contributed by atoms with van der Waals surface area (Å²) in [7, 11) is 0. The number of hydrogen-bond acceptors (Lipinski definition) is 8. The zero-order chi connectivity index (χ0) is 24.8. The number of primary amides is 1. The molecule has 32 heavy (non-hydrogen) atoms. The van der Waals surface area contributed by atoms with Crippen LogP contribution in [0.3, 0.4) is 0 Å². The first-order valence-corrected chi connectivity index (χ1v) is 11.2. The van der Waals surface area contributed by atoms with Crippen LogP contribution in [0.5, 0.6) is 0 Å². The predicted molar refractivity (Wildman–Crippen MR) is 115 cm³/mol. The minimum atomic E-state index is -1.52. The monoisotopic (exact) mass is 477 g/mol. The number of hydrogen-bond donors (Lipinski definition) is 7. The van der Waals surface area contributed by atoms with Crippen molar-refractivity contribution in [1.29, 1.82) is 0 Å². The van der Waals surface area contributed by atoms with E-state index in [9.17, 15) is 33.9 Å². The van der Waals surface area contributed by atoms with E-state index in [-0.39, 0.29) is 19.3 Å². The molecule has 182 valence electrons. The molecular formula is C18H31N5O8S. The fourth-order valence-electron chi connectivity index (χ4n) is 2.41. The Hall–Kier alpha value is -2.87. The van der Waals surface area contributed by atoms with Gasteiger partial charge in [-0.3, -0.25) is 24.0 Å². The minimum absolute atomic E-state index is 0.230. The van der Waals surface area contributed by atoms with E-state index in [1.807, 2.05) is 6.26 Å². The Balaban J connectivity index is 5.15. The van der Waals surface area contributed by atoms with Crippen LogP contribution in [0.2, 0.25) is 0 Å². The molecule has 14 heteroatoms. The summed E-state index contributed by atoms with van der Waals surface area (Å²) in [6.45, 7) is 1.37. The van der Waals surface area contributed by atoms with Crippen LogP contribution in [0.25, 0.3) is 0 Å². The van der Waals surface area contributed by atoms with Crippen molar-refractivity contribution in [3.8, 4) is 0 Å². The van der Waals surface area contributed by atoms with Crippen molar-refractivity contribution in [2.24, 2.45) is 11.5 Å². The fraction of sp³-hybridized carbons (Fsp3) is 0.667. The molecule has 4 amide bonds. The van der Waals surface area contributed by atoms with E-state index in [0.717, 1.165) is 0 Å². The zero-order valence-electron chi connectivity index (χ0n) is 18.0. The summed E-state index contributed by atoms with van der Waals surface area (Å²) >= 11 is 1.51. The van der Waals surface area contributed by atoms with Gasteiger partial charge in [0.1, 0.15) is 18.1 Å². The Bertz CT molecular complexity index is 705. The number of carbonyl (C=O) groups excluding carboxylic acids is 4. The van der Waals surface area contributed by atoms with Gasteiger partial charge in [-0.05, 0) is 38.2 Å². The summed E-state index contributed by atoms with van der Waals surface area (Å²) in [6.07, 6.45) is 0.854. The highest BCUT2D eigenvalue weighted by Gasteiger charge is 2.29. The van der Waals surface area contributed by atoms with Crippen molar-refractivity contribution in [2.45, 2.75) is 63.2 Å². The minimum Gasteiger partial charge on any atom is -0.481 e. The van der Waals surface area contributed by atoms with Gasteiger partial charge < -0.3 is 37.6 Å². The predicted octanol–water partition coefficient (Wildman–Crippen LogP) is -2.24. The molecule has 0 aliphatic rings. The third-order valence-corrected chi connectivity index (χ3v) is 4.94. The molecule has 4 atom stereocenters. The molecule has 0 aliphatic carbocycles. The highest BCUT2D eigenvalue weighted by molar-refractivity contribution is 7.98. The topological polar surface area (TPSA) is 231 Å². The van der Waals surface area contributed by atoms with E-state index in [1.165, 1.54) is 18.7 Å². The van der Waals surface area contributed by atoms with Crippen LogP contribution in [0, 0.1) is 0 Å². The van der Waals surface area contributed by atoms with Gasteiger partial charge in [-0.2, -0.15) is 11.8 Å². The number of nitrogens with two attached hydrogens (primary N) is 2. The number of carbonyl (C=O) groups is 6. The third kappa shape index (κ3) is 12.1. The number of aliphatic carboxylic acids is 2. The van der Waals surface area contributed by atoms with Gasteiger partial charge in [0.2, 0.25) is 23.6 Å². The van der Waals surface area contributed by atoms with Gasteiger partial charge in [0, 0.05) is 12.8 Å². The van der Waals surface area contributed by atoms with E-state index < -0.39 is 66.2 Å². The molecule has 4 unspecified atom stereocenters. The molecule has 0 aliphatic heterocycles. The maximum absolute atomic E-state index is 12.5. The number of amides is 4. The molecule has 13 nitrogen and oxygen atoms in total. The molecule has 0 radical (unpaired) electrons. The Kier molecular flexibility index (Phi) is 13.7. The maximum atomic E-state index is 12.5. The second kappa shape index (κ2) is 15.0. The highest BCUT2D eigenvalue weighted by Crippen LogP contribution is 2.04. The largest absolute Gasteiger partial charge is 0.481 e. The number of thioether (sulfide) groups is 1. The van der Waals surface area contributed by atoms with Crippen LogP contribution in [-0.4, -0.2) is 82.0 Å². The molecule has 9 N–H and O–H groups in total. The standard InChI is InChI=1S/C18H31N5O8S/c1-9(21-16(28)10(19)7-8-32-2)15(27)22-11(3-5-13(20)24)17(29)23-12(18(30)31)4-6-14(25)26/h9-12H,3-8,19H2,1-2H3,(H2,20,24)(H,21,28)(H,22,27)(H,23,29)(H,25,26)(H,30,31). The Morgan fingerprint density at radius 1 is 0.844 bits per heavy atom. The quantitative estimate of drug-likeness (QED) is 0.126. The van der Waals surface area contributed by atoms with Gasteiger partial charge in [-0.15, -0.1) is 0 Å². The van der Waals surface area contributed by atoms with Crippen molar-refractivity contribution in [2.75, 3.05) is 12.0 Å². The van der Waals surface area contributed by atoms with E-state index in [1.54, 1.807) is 0 Å². The van der Waals surface area contributed by atoms with E-state index in [4.69, 9.17) is 16.6 Å². The molecule has 0 heterocycles. The Morgan fingerprint density at radius 2 is 1.41 bits per heavy atom. The van der Waals surface area contributed by atoms with Crippen molar-refractivity contribution in [3.05, 3.63) is 0 Å². The van der Waals surface area contributed by atoms with Crippen molar-refractivity contribution >= 4 is 47.3 Å². The van der Waals surface area contributed by atoms with Crippen molar-refractivity contribution in [1.82, 2.24) is 16.0 Å². The van der Waals surface area contributed by atoms with Crippen molar-refractivity contribution < 1.29 is 39.0 Å². The molecule has 0 spiro atoms. The number of nitrogens with one attached hydrogen (secondary N) is 3. The summed E-state index contributed by atoms with van der Waals surface area (Å²) in [5.74, 6) is -5.07. The molecule has 0 fully saturated rings. The van der Waals surface area contributed by atoms with Crippen molar-refractivity contribution in [3.63, 3.8) is 0 Å². The first kappa shape index (κ1) is 29.1. The van der Waals surface area contributed by atoms with E-state index in [2.05, 4.69) is 16.0 Å². The molecule has 0 saturated carbocycles. The first-order valence-electron chi connectivity index (χ1n) is 9.77. The molecular weight excluding hydrogens is 446 g/mol.